The molecular formula is C16H19N5O2S. The standard InChI is InChI=1S/C16H19N5O2S/c1-21-15(12-9-18-13-6-4-3-5-11(12)13)19-20-16(21)24-10-14(22)17-7-8-23-2/h3-6,9,18H,7-8,10H2,1-2H3,(H,17,22). The normalized spacial score (nSPS) is 11.1. The molecule has 2 aromatic heterocycles. The molecule has 1 amide bonds. The van der Waals surface area contributed by atoms with Gasteiger partial charge in [-0.1, -0.05) is 30.0 Å². The van der Waals surface area contributed by atoms with E-state index in [9.17, 15) is 4.79 Å². The van der Waals surface area contributed by atoms with Crippen molar-refractivity contribution in [2.75, 3.05) is 26.0 Å². The second kappa shape index (κ2) is 7.50. The maximum Gasteiger partial charge on any atom is 0.230 e. The Bertz CT molecular complexity index is 842. The van der Waals surface area contributed by atoms with E-state index in [2.05, 4.69) is 20.5 Å². The average Bonchev–Trinajstić information content (AvgIpc) is 3.17. The number of hydrogen-bond acceptors (Lipinski definition) is 5. The van der Waals surface area contributed by atoms with Crippen molar-refractivity contribution in [3.05, 3.63) is 30.5 Å². The van der Waals surface area contributed by atoms with Gasteiger partial charge in [-0.15, -0.1) is 10.2 Å². The largest absolute Gasteiger partial charge is 0.383 e. The number of carbonyl (C=O) groups is 1. The summed E-state index contributed by atoms with van der Waals surface area (Å²) in [6.07, 6.45) is 1.93. The molecule has 0 atom stereocenters. The molecule has 8 heteroatoms. The second-order valence-electron chi connectivity index (χ2n) is 5.24. The first-order valence-corrected chi connectivity index (χ1v) is 8.53. The van der Waals surface area contributed by atoms with Gasteiger partial charge in [0.25, 0.3) is 0 Å². The number of para-hydroxylation sites is 1. The number of amides is 1. The molecule has 126 valence electrons. The first-order valence-electron chi connectivity index (χ1n) is 7.55. The number of nitrogens with one attached hydrogen (secondary N) is 2. The molecule has 0 bridgehead atoms. The van der Waals surface area contributed by atoms with Crippen LogP contribution in [0.3, 0.4) is 0 Å². The smallest absolute Gasteiger partial charge is 0.230 e. The van der Waals surface area contributed by atoms with Crippen molar-refractivity contribution >= 4 is 28.6 Å². The predicted molar refractivity (Wildman–Crippen MR) is 93.9 cm³/mol. The van der Waals surface area contributed by atoms with Gasteiger partial charge in [-0.25, -0.2) is 0 Å². The molecular weight excluding hydrogens is 326 g/mol. The summed E-state index contributed by atoms with van der Waals surface area (Å²) in [7, 11) is 3.51. The zero-order valence-electron chi connectivity index (χ0n) is 13.6. The highest BCUT2D eigenvalue weighted by molar-refractivity contribution is 7.99. The molecule has 0 aliphatic carbocycles. The Morgan fingerprint density at radius 1 is 1.38 bits per heavy atom. The molecule has 0 aliphatic heterocycles. The van der Waals surface area contributed by atoms with Crippen molar-refractivity contribution < 1.29 is 9.53 Å². The number of H-pyrrole nitrogens is 1. The monoisotopic (exact) mass is 345 g/mol. The highest BCUT2D eigenvalue weighted by Crippen LogP contribution is 2.28. The lowest BCUT2D eigenvalue weighted by Crippen LogP contribution is -2.28. The van der Waals surface area contributed by atoms with E-state index in [-0.39, 0.29) is 5.91 Å². The van der Waals surface area contributed by atoms with E-state index in [0.717, 1.165) is 22.3 Å². The van der Waals surface area contributed by atoms with E-state index in [4.69, 9.17) is 4.74 Å². The zero-order valence-corrected chi connectivity index (χ0v) is 14.4. The first-order chi connectivity index (χ1) is 11.7. The average molecular weight is 345 g/mol. The number of rotatable bonds is 7. The summed E-state index contributed by atoms with van der Waals surface area (Å²) in [5, 5.41) is 13.1. The van der Waals surface area contributed by atoms with Crippen LogP contribution in [-0.4, -0.2) is 51.7 Å². The van der Waals surface area contributed by atoms with Crippen LogP contribution >= 0.6 is 11.8 Å². The van der Waals surface area contributed by atoms with Gasteiger partial charge in [-0.2, -0.15) is 0 Å². The molecule has 3 aromatic rings. The summed E-state index contributed by atoms with van der Waals surface area (Å²) >= 11 is 1.36. The number of aromatic amines is 1. The molecule has 2 N–H and O–H groups in total. The number of ether oxygens (including phenoxy) is 1. The van der Waals surface area contributed by atoms with Gasteiger partial charge in [0.05, 0.1) is 12.4 Å². The van der Waals surface area contributed by atoms with Gasteiger partial charge in [0.1, 0.15) is 0 Å². The van der Waals surface area contributed by atoms with Crippen LogP contribution in [0.15, 0.2) is 35.6 Å². The minimum Gasteiger partial charge on any atom is -0.383 e. The minimum atomic E-state index is -0.0475. The van der Waals surface area contributed by atoms with Gasteiger partial charge in [0.15, 0.2) is 11.0 Å². The van der Waals surface area contributed by atoms with Gasteiger partial charge in [0, 0.05) is 43.4 Å². The Hall–Kier alpha value is -2.32. The molecule has 24 heavy (non-hydrogen) atoms. The Balaban J connectivity index is 1.71. The summed E-state index contributed by atoms with van der Waals surface area (Å²) in [6.45, 7) is 1.01. The minimum absolute atomic E-state index is 0.0475. The van der Waals surface area contributed by atoms with E-state index in [0.29, 0.717) is 24.1 Å². The predicted octanol–water partition coefficient (Wildman–Crippen LogP) is 1.82. The van der Waals surface area contributed by atoms with E-state index < -0.39 is 0 Å². The van der Waals surface area contributed by atoms with Crippen LogP contribution in [0.5, 0.6) is 0 Å². The SMILES string of the molecule is COCCNC(=O)CSc1nnc(-c2c[nH]c3ccccc23)n1C. The molecule has 7 nitrogen and oxygen atoms in total. The number of hydrogen-bond donors (Lipinski definition) is 2. The molecule has 3 rings (SSSR count). The van der Waals surface area contributed by atoms with Gasteiger partial charge in [0.2, 0.25) is 5.91 Å². The van der Waals surface area contributed by atoms with Gasteiger partial charge in [-0.3, -0.25) is 4.79 Å². The van der Waals surface area contributed by atoms with Crippen molar-refractivity contribution in [3.63, 3.8) is 0 Å². The third-order valence-electron chi connectivity index (χ3n) is 3.63. The zero-order chi connectivity index (χ0) is 16.9. The maximum absolute atomic E-state index is 11.8. The fraction of sp³-hybridized carbons (Fsp3) is 0.312. The van der Waals surface area contributed by atoms with Gasteiger partial charge >= 0.3 is 0 Å². The number of nitrogens with zero attached hydrogens (tertiary/aromatic N) is 3. The van der Waals surface area contributed by atoms with Crippen molar-refractivity contribution in [1.82, 2.24) is 25.1 Å². The number of thioether (sulfide) groups is 1. The quantitative estimate of drug-likeness (QED) is 0.504. The summed E-state index contributed by atoms with van der Waals surface area (Å²) < 4.78 is 6.81. The molecule has 0 radical (unpaired) electrons. The second-order valence-corrected chi connectivity index (χ2v) is 6.19. The van der Waals surface area contributed by atoms with Crippen LogP contribution in [0.25, 0.3) is 22.3 Å². The lowest BCUT2D eigenvalue weighted by molar-refractivity contribution is -0.118. The number of fused-ring (bicyclic) bond motifs is 1. The molecule has 0 fully saturated rings. The third kappa shape index (κ3) is 3.44. The highest BCUT2D eigenvalue weighted by Gasteiger charge is 2.15. The van der Waals surface area contributed by atoms with Crippen LogP contribution in [0.2, 0.25) is 0 Å². The van der Waals surface area contributed by atoms with Gasteiger partial charge in [-0.05, 0) is 6.07 Å². The van der Waals surface area contributed by atoms with E-state index >= 15 is 0 Å². The first kappa shape index (κ1) is 16.5. The topological polar surface area (TPSA) is 84.8 Å². The number of carbonyl (C=O) groups excluding carboxylic acids is 1. The van der Waals surface area contributed by atoms with Gasteiger partial charge < -0.3 is 19.6 Å². The molecule has 0 spiro atoms. The summed E-state index contributed by atoms with van der Waals surface area (Å²) in [4.78, 5) is 15.0. The Labute approximate surface area is 143 Å². The molecule has 0 aliphatic rings. The molecule has 2 heterocycles. The van der Waals surface area contributed by atoms with E-state index in [1.807, 2.05) is 42.1 Å². The Kier molecular flexibility index (Phi) is 5.17. The van der Waals surface area contributed by atoms with Crippen molar-refractivity contribution in [1.29, 1.82) is 0 Å². The maximum atomic E-state index is 11.8. The summed E-state index contributed by atoms with van der Waals surface area (Å²) in [6, 6.07) is 8.06. The summed E-state index contributed by atoms with van der Waals surface area (Å²) in [5.41, 5.74) is 2.05. The fourth-order valence-corrected chi connectivity index (χ4v) is 3.15. The van der Waals surface area contributed by atoms with Crippen molar-refractivity contribution in [2.45, 2.75) is 5.16 Å². The molecule has 0 saturated carbocycles. The number of methoxy groups -OCH3 is 1. The van der Waals surface area contributed by atoms with E-state index in [1.165, 1.54) is 11.8 Å². The fourth-order valence-electron chi connectivity index (χ4n) is 2.41. The molecule has 0 saturated heterocycles. The number of aromatic nitrogens is 4. The van der Waals surface area contributed by atoms with E-state index in [1.54, 1.807) is 7.11 Å². The highest BCUT2D eigenvalue weighted by atomic mass is 32.2. The number of benzene rings is 1. The van der Waals surface area contributed by atoms with Crippen LogP contribution in [0, 0.1) is 0 Å². The van der Waals surface area contributed by atoms with Crippen molar-refractivity contribution in [2.24, 2.45) is 7.05 Å². The van der Waals surface area contributed by atoms with Crippen LogP contribution in [0.1, 0.15) is 0 Å². The lowest BCUT2D eigenvalue weighted by Gasteiger charge is -2.05. The Morgan fingerprint density at radius 2 is 2.21 bits per heavy atom. The summed E-state index contributed by atoms with van der Waals surface area (Å²) in [5.74, 6) is 1.02. The lowest BCUT2D eigenvalue weighted by atomic mass is 10.1. The molecule has 1 aromatic carbocycles. The molecule has 0 unspecified atom stereocenters. The van der Waals surface area contributed by atoms with Crippen molar-refractivity contribution in [3.8, 4) is 11.4 Å². The third-order valence-corrected chi connectivity index (χ3v) is 4.65. The van der Waals surface area contributed by atoms with Crippen LogP contribution in [-0.2, 0) is 16.6 Å². The van der Waals surface area contributed by atoms with Crippen LogP contribution in [0.4, 0.5) is 0 Å². The Morgan fingerprint density at radius 3 is 3.04 bits per heavy atom. The van der Waals surface area contributed by atoms with Crippen LogP contribution < -0.4 is 5.32 Å².